The molecule has 0 aliphatic heterocycles. The summed E-state index contributed by atoms with van der Waals surface area (Å²) in [5.74, 6) is 2.21. The predicted molar refractivity (Wildman–Crippen MR) is 112 cm³/mol. The Bertz CT molecular complexity index is 993. The van der Waals surface area contributed by atoms with Crippen LogP contribution in [0, 0.1) is 13.8 Å². The molecule has 0 bridgehead atoms. The SMILES string of the molecule is Cc1cccc(C)c1Oc1cc2c(C3CC3)nn(CC(C)(C)O)c2cc1Br. The molecular weight excluding hydrogens is 404 g/mol. The van der Waals surface area contributed by atoms with Crippen molar-refractivity contribution in [3.63, 3.8) is 0 Å². The maximum Gasteiger partial charge on any atom is 0.142 e. The van der Waals surface area contributed by atoms with E-state index in [-0.39, 0.29) is 0 Å². The highest BCUT2D eigenvalue weighted by Crippen LogP contribution is 2.45. The fourth-order valence-corrected chi connectivity index (χ4v) is 3.91. The van der Waals surface area contributed by atoms with Crippen LogP contribution in [0.25, 0.3) is 10.9 Å². The van der Waals surface area contributed by atoms with E-state index in [1.807, 2.05) is 24.6 Å². The van der Waals surface area contributed by atoms with Crippen LogP contribution in [-0.2, 0) is 6.54 Å². The van der Waals surface area contributed by atoms with Gasteiger partial charge in [0.1, 0.15) is 11.5 Å². The van der Waals surface area contributed by atoms with E-state index in [0.717, 1.165) is 43.7 Å². The molecular formula is C22H25BrN2O2. The average molecular weight is 429 g/mol. The Morgan fingerprint density at radius 3 is 2.48 bits per heavy atom. The summed E-state index contributed by atoms with van der Waals surface area (Å²) in [6.07, 6.45) is 2.36. The normalized spacial score (nSPS) is 14.7. The molecule has 0 saturated heterocycles. The molecule has 1 heterocycles. The summed E-state index contributed by atoms with van der Waals surface area (Å²) in [5, 5.41) is 16.2. The van der Waals surface area contributed by atoms with Crippen LogP contribution in [0.5, 0.6) is 11.5 Å². The number of para-hydroxylation sites is 1. The first-order valence-corrected chi connectivity index (χ1v) is 10.2. The first-order valence-electron chi connectivity index (χ1n) is 9.39. The second kappa shape index (κ2) is 6.64. The van der Waals surface area contributed by atoms with Crippen LogP contribution < -0.4 is 4.74 Å². The second-order valence-corrected chi connectivity index (χ2v) is 9.11. The van der Waals surface area contributed by atoms with Crippen molar-refractivity contribution in [3.8, 4) is 11.5 Å². The standard InChI is InChI=1S/C22H25BrN2O2/c1-13-6-5-7-14(2)21(13)27-19-10-16-18(11-17(19)23)25(12-22(3,4)26)24-20(16)15-8-9-15/h5-7,10-11,15,26H,8-9,12H2,1-4H3. The summed E-state index contributed by atoms with van der Waals surface area (Å²) in [5.41, 5.74) is 3.55. The highest BCUT2D eigenvalue weighted by Gasteiger charge is 2.30. The number of rotatable bonds is 5. The fraction of sp³-hybridized carbons (Fsp3) is 0.409. The van der Waals surface area contributed by atoms with E-state index in [1.54, 1.807) is 0 Å². The van der Waals surface area contributed by atoms with Gasteiger partial charge in [-0.2, -0.15) is 5.10 Å². The topological polar surface area (TPSA) is 47.3 Å². The van der Waals surface area contributed by atoms with Gasteiger partial charge in [-0.15, -0.1) is 0 Å². The molecule has 0 atom stereocenters. The van der Waals surface area contributed by atoms with Crippen molar-refractivity contribution in [1.82, 2.24) is 9.78 Å². The Balaban J connectivity index is 1.82. The number of aromatic nitrogens is 2. The number of aryl methyl sites for hydroxylation is 2. The fourth-order valence-electron chi connectivity index (χ4n) is 3.49. The minimum Gasteiger partial charge on any atom is -0.456 e. The molecule has 0 spiro atoms. The van der Waals surface area contributed by atoms with Gasteiger partial charge in [0.15, 0.2) is 0 Å². The number of ether oxygens (including phenoxy) is 1. The highest BCUT2D eigenvalue weighted by atomic mass is 79.9. The molecule has 0 radical (unpaired) electrons. The third-order valence-corrected chi connectivity index (χ3v) is 5.57. The van der Waals surface area contributed by atoms with E-state index in [4.69, 9.17) is 9.84 Å². The van der Waals surface area contributed by atoms with E-state index < -0.39 is 5.60 Å². The zero-order chi connectivity index (χ0) is 19.3. The number of aliphatic hydroxyl groups is 1. The molecule has 1 aromatic heterocycles. The third kappa shape index (κ3) is 3.76. The van der Waals surface area contributed by atoms with Crippen LogP contribution >= 0.6 is 15.9 Å². The van der Waals surface area contributed by atoms with E-state index >= 15 is 0 Å². The molecule has 0 amide bonds. The molecule has 5 heteroatoms. The van der Waals surface area contributed by atoms with Gasteiger partial charge < -0.3 is 9.84 Å². The first-order chi connectivity index (χ1) is 12.7. The van der Waals surface area contributed by atoms with Crippen LogP contribution in [-0.4, -0.2) is 20.5 Å². The molecule has 1 aliphatic rings. The third-order valence-electron chi connectivity index (χ3n) is 4.95. The quantitative estimate of drug-likeness (QED) is 0.553. The number of fused-ring (bicyclic) bond motifs is 1. The molecule has 4 rings (SSSR count). The lowest BCUT2D eigenvalue weighted by atomic mass is 10.1. The van der Waals surface area contributed by atoms with Gasteiger partial charge in [0.2, 0.25) is 0 Å². The largest absolute Gasteiger partial charge is 0.456 e. The van der Waals surface area contributed by atoms with E-state index in [0.29, 0.717) is 12.5 Å². The van der Waals surface area contributed by atoms with Gasteiger partial charge in [-0.1, -0.05) is 18.2 Å². The molecule has 142 valence electrons. The number of benzene rings is 2. The van der Waals surface area contributed by atoms with Gasteiger partial charge in [-0.25, -0.2) is 0 Å². The van der Waals surface area contributed by atoms with Crippen molar-refractivity contribution in [2.75, 3.05) is 0 Å². The van der Waals surface area contributed by atoms with Gasteiger partial charge in [0.05, 0.1) is 27.8 Å². The van der Waals surface area contributed by atoms with Crippen LogP contribution in [0.4, 0.5) is 0 Å². The summed E-state index contributed by atoms with van der Waals surface area (Å²) < 4.78 is 9.12. The number of halogens is 1. The summed E-state index contributed by atoms with van der Waals surface area (Å²) in [6.45, 7) is 8.20. The summed E-state index contributed by atoms with van der Waals surface area (Å²) in [6, 6.07) is 10.3. The Labute approximate surface area is 168 Å². The van der Waals surface area contributed by atoms with Crippen molar-refractivity contribution in [1.29, 1.82) is 0 Å². The molecule has 2 aromatic carbocycles. The summed E-state index contributed by atoms with van der Waals surface area (Å²) in [4.78, 5) is 0. The lowest BCUT2D eigenvalue weighted by Crippen LogP contribution is -2.26. The van der Waals surface area contributed by atoms with Crippen LogP contribution in [0.1, 0.15) is 49.4 Å². The number of hydrogen-bond acceptors (Lipinski definition) is 3. The second-order valence-electron chi connectivity index (χ2n) is 8.25. The monoisotopic (exact) mass is 428 g/mol. The molecule has 4 nitrogen and oxygen atoms in total. The molecule has 1 fully saturated rings. The van der Waals surface area contributed by atoms with Crippen molar-refractivity contribution in [2.45, 2.75) is 58.6 Å². The van der Waals surface area contributed by atoms with Gasteiger partial charge in [-0.05, 0) is 79.7 Å². The van der Waals surface area contributed by atoms with Gasteiger partial charge in [-0.3, -0.25) is 4.68 Å². The van der Waals surface area contributed by atoms with Gasteiger partial charge >= 0.3 is 0 Å². The highest BCUT2D eigenvalue weighted by molar-refractivity contribution is 9.10. The molecule has 0 unspecified atom stereocenters. The minimum atomic E-state index is -0.820. The van der Waals surface area contributed by atoms with Gasteiger partial charge in [0.25, 0.3) is 0 Å². The molecule has 1 saturated carbocycles. The van der Waals surface area contributed by atoms with E-state index in [2.05, 4.69) is 54.0 Å². The minimum absolute atomic E-state index is 0.458. The van der Waals surface area contributed by atoms with Crippen molar-refractivity contribution in [3.05, 3.63) is 51.6 Å². The number of hydrogen-bond donors (Lipinski definition) is 1. The summed E-state index contributed by atoms with van der Waals surface area (Å²) >= 11 is 3.67. The Kier molecular flexibility index (Phi) is 4.55. The first kappa shape index (κ1) is 18.5. The maximum atomic E-state index is 10.3. The molecule has 1 N–H and O–H groups in total. The van der Waals surface area contributed by atoms with Gasteiger partial charge in [0, 0.05) is 11.3 Å². The predicted octanol–water partition coefficient (Wildman–Crippen LogP) is 5.86. The Morgan fingerprint density at radius 2 is 1.89 bits per heavy atom. The smallest absolute Gasteiger partial charge is 0.142 e. The van der Waals surface area contributed by atoms with Crippen molar-refractivity contribution < 1.29 is 9.84 Å². The molecule has 27 heavy (non-hydrogen) atoms. The zero-order valence-corrected chi connectivity index (χ0v) is 17.8. The zero-order valence-electron chi connectivity index (χ0n) is 16.2. The molecule has 3 aromatic rings. The van der Waals surface area contributed by atoms with E-state index in [1.165, 1.54) is 12.8 Å². The Hall–Kier alpha value is -1.85. The summed E-state index contributed by atoms with van der Waals surface area (Å²) in [7, 11) is 0. The van der Waals surface area contributed by atoms with Crippen LogP contribution in [0.15, 0.2) is 34.8 Å². The van der Waals surface area contributed by atoms with Crippen LogP contribution in [0.3, 0.4) is 0 Å². The number of nitrogens with zero attached hydrogens (tertiary/aromatic N) is 2. The van der Waals surface area contributed by atoms with Crippen LogP contribution in [0.2, 0.25) is 0 Å². The lowest BCUT2D eigenvalue weighted by molar-refractivity contribution is 0.0590. The average Bonchev–Trinajstić information content (AvgIpc) is 3.35. The van der Waals surface area contributed by atoms with E-state index in [9.17, 15) is 5.11 Å². The maximum absolute atomic E-state index is 10.3. The molecule has 1 aliphatic carbocycles. The van der Waals surface area contributed by atoms with Crippen molar-refractivity contribution >= 4 is 26.8 Å². The van der Waals surface area contributed by atoms with Crippen molar-refractivity contribution in [2.24, 2.45) is 0 Å². The Morgan fingerprint density at radius 1 is 1.22 bits per heavy atom. The lowest BCUT2D eigenvalue weighted by Gasteiger charge is -2.18.